The monoisotopic (exact) mass is 259 g/mol. The van der Waals surface area contributed by atoms with Crippen LogP contribution >= 0.6 is 0 Å². The van der Waals surface area contributed by atoms with E-state index in [9.17, 15) is 12.8 Å². The highest BCUT2D eigenvalue weighted by Crippen LogP contribution is 2.30. The van der Waals surface area contributed by atoms with Gasteiger partial charge in [0.2, 0.25) is 0 Å². The highest BCUT2D eigenvalue weighted by atomic mass is 32.2. The molecule has 0 amide bonds. The molecule has 4 nitrogen and oxygen atoms in total. The molecule has 2 N–H and O–H groups in total. The first-order valence-electron chi connectivity index (χ1n) is 4.84. The molecule has 0 spiro atoms. The van der Waals surface area contributed by atoms with Crippen LogP contribution in [0.15, 0.2) is 23.1 Å². The minimum Gasteiger partial charge on any atom is -0.495 e. The Hall–Kier alpha value is -1.40. The summed E-state index contributed by atoms with van der Waals surface area (Å²) < 4.78 is 41.3. The Labute approximate surface area is 99.8 Å². The molecule has 0 radical (unpaired) electrons. The highest BCUT2D eigenvalue weighted by molar-refractivity contribution is 7.90. The molecule has 0 fully saturated rings. The predicted molar refractivity (Wildman–Crippen MR) is 64.2 cm³/mol. The lowest BCUT2D eigenvalue weighted by molar-refractivity contribution is 0.400. The zero-order chi connectivity index (χ0) is 13.1. The van der Waals surface area contributed by atoms with Crippen LogP contribution in [-0.2, 0) is 9.84 Å². The van der Waals surface area contributed by atoms with Gasteiger partial charge in [0.15, 0.2) is 9.84 Å². The third-order valence-electron chi connectivity index (χ3n) is 2.09. The number of nitrogens with two attached hydrogens (primary N) is 1. The summed E-state index contributed by atoms with van der Waals surface area (Å²) in [6, 6.07) is 2.13. The molecule has 0 aromatic heterocycles. The number of sulfone groups is 1. The first-order valence-corrected chi connectivity index (χ1v) is 6.73. The number of methoxy groups -OCH3 is 1. The first kappa shape index (κ1) is 13.7. The third kappa shape index (κ3) is 3.28. The van der Waals surface area contributed by atoms with Crippen molar-refractivity contribution in [3.05, 3.63) is 29.6 Å². The van der Waals surface area contributed by atoms with Crippen molar-refractivity contribution in [2.24, 2.45) is 5.73 Å². The van der Waals surface area contributed by atoms with Crippen LogP contribution in [0.3, 0.4) is 0 Å². The fourth-order valence-electron chi connectivity index (χ4n) is 1.40. The standard InChI is InChI=1S/C11H14FNO3S/c1-16-11-8(4-3-5-13)6-9(12)7-10(11)17(2,14)15/h3-4,6-7H,5,13H2,1-2H3/b4-3+. The van der Waals surface area contributed by atoms with Gasteiger partial charge in [0.05, 0.1) is 7.11 Å². The molecule has 0 saturated heterocycles. The molecule has 0 aliphatic rings. The van der Waals surface area contributed by atoms with Crippen LogP contribution in [0.2, 0.25) is 0 Å². The van der Waals surface area contributed by atoms with Gasteiger partial charge in [-0.05, 0) is 12.1 Å². The number of benzene rings is 1. The molecular formula is C11H14FNO3S. The molecule has 17 heavy (non-hydrogen) atoms. The zero-order valence-electron chi connectivity index (χ0n) is 9.60. The van der Waals surface area contributed by atoms with Gasteiger partial charge in [0.1, 0.15) is 16.5 Å². The fourth-order valence-corrected chi connectivity index (χ4v) is 2.27. The summed E-state index contributed by atoms with van der Waals surface area (Å²) in [5.41, 5.74) is 5.64. The number of halogens is 1. The summed E-state index contributed by atoms with van der Waals surface area (Å²) in [6.45, 7) is 0.272. The summed E-state index contributed by atoms with van der Waals surface area (Å²) in [7, 11) is -2.21. The maximum absolute atomic E-state index is 13.3. The summed E-state index contributed by atoms with van der Waals surface area (Å²) in [5.74, 6) is -0.513. The average molecular weight is 259 g/mol. The van der Waals surface area contributed by atoms with Gasteiger partial charge in [-0.1, -0.05) is 12.2 Å². The van der Waals surface area contributed by atoms with Crippen LogP contribution in [-0.4, -0.2) is 28.3 Å². The second-order valence-electron chi connectivity index (χ2n) is 3.44. The summed E-state index contributed by atoms with van der Waals surface area (Å²) in [4.78, 5) is -0.170. The number of hydrogen-bond donors (Lipinski definition) is 1. The van der Waals surface area contributed by atoms with E-state index in [1.165, 1.54) is 19.3 Å². The number of ether oxygens (including phenoxy) is 1. The Morgan fingerprint density at radius 3 is 2.59 bits per heavy atom. The van der Waals surface area contributed by atoms with E-state index >= 15 is 0 Å². The minimum absolute atomic E-state index is 0.124. The molecule has 0 unspecified atom stereocenters. The Kier molecular flexibility index (Phi) is 4.25. The van der Waals surface area contributed by atoms with Gasteiger partial charge in [-0.25, -0.2) is 12.8 Å². The van der Waals surface area contributed by atoms with E-state index in [-0.39, 0.29) is 17.2 Å². The molecule has 0 aliphatic heterocycles. The summed E-state index contributed by atoms with van der Waals surface area (Å²) in [6.07, 6.45) is 4.11. The maximum atomic E-state index is 13.3. The molecule has 1 rings (SSSR count). The van der Waals surface area contributed by atoms with Crippen molar-refractivity contribution in [3.8, 4) is 5.75 Å². The van der Waals surface area contributed by atoms with Crippen LogP contribution in [0.25, 0.3) is 6.08 Å². The maximum Gasteiger partial charge on any atom is 0.179 e. The first-order chi connectivity index (χ1) is 7.90. The smallest absolute Gasteiger partial charge is 0.179 e. The van der Waals surface area contributed by atoms with E-state index in [0.717, 1.165) is 12.3 Å². The average Bonchev–Trinajstić information content (AvgIpc) is 2.24. The molecular weight excluding hydrogens is 245 g/mol. The second kappa shape index (κ2) is 5.29. The van der Waals surface area contributed by atoms with Gasteiger partial charge in [0.25, 0.3) is 0 Å². The molecule has 0 bridgehead atoms. The van der Waals surface area contributed by atoms with Crippen molar-refractivity contribution < 1.29 is 17.5 Å². The van der Waals surface area contributed by atoms with E-state index in [2.05, 4.69) is 0 Å². The molecule has 0 heterocycles. The topological polar surface area (TPSA) is 69.4 Å². The Morgan fingerprint density at radius 2 is 2.12 bits per heavy atom. The molecule has 1 aromatic carbocycles. The van der Waals surface area contributed by atoms with Gasteiger partial charge < -0.3 is 10.5 Å². The summed E-state index contributed by atoms with van der Waals surface area (Å²) in [5, 5.41) is 0. The van der Waals surface area contributed by atoms with Gasteiger partial charge in [-0.3, -0.25) is 0 Å². The van der Waals surface area contributed by atoms with Crippen molar-refractivity contribution >= 4 is 15.9 Å². The molecule has 0 aliphatic carbocycles. The van der Waals surface area contributed by atoms with Crippen LogP contribution < -0.4 is 10.5 Å². The van der Waals surface area contributed by atoms with Gasteiger partial charge in [-0.15, -0.1) is 0 Å². The number of hydrogen-bond acceptors (Lipinski definition) is 4. The second-order valence-corrected chi connectivity index (χ2v) is 5.42. The fraction of sp³-hybridized carbons (Fsp3) is 0.273. The van der Waals surface area contributed by atoms with E-state index in [0.29, 0.717) is 5.56 Å². The predicted octanol–water partition coefficient (Wildman–Crippen LogP) is 1.21. The van der Waals surface area contributed by atoms with Crippen molar-refractivity contribution in [1.82, 2.24) is 0 Å². The largest absolute Gasteiger partial charge is 0.495 e. The van der Waals surface area contributed by atoms with Crippen LogP contribution in [0, 0.1) is 5.82 Å². The van der Waals surface area contributed by atoms with Crippen molar-refractivity contribution in [2.45, 2.75) is 4.90 Å². The van der Waals surface area contributed by atoms with Crippen LogP contribution in [0.5, 0.6) is 5.75 Å². The van der Waals surface area contributed by atoms with Crippen molar-refractivity contribution in [1.29, 1.82) is 0 Å². The molecule has 6 heteroatoms. The van der Waals surface area contributed by atoms with Crippen molar-refractivity contribution in [2.75, 3.05) is 19.9 Å². The molecule has 0 atom stereocenters. The normalized spacial score (nSPS) is 12.0. The zero-order valence-corrected chi connectivity index (χ0v) is 10.4. The van der Waals surface area contributed by atoms with Crippen LogP contribution in [0.4, 0.5) is 4.39 Å². The van der Waals surface area contributed by atoms with Crippen molar-refractivity contribution in [3.63, 3.8) is 0 Å². The van der Waals surface area contributed by atoms with E-state index in [1.54, 1.807) is 6.08 Å². The quantitative estimate of drug-likeness (QED) is 0.882. The molecule has 0 saturated carbocycles. The minimum atomic E-state index is -3.55. The lowest BCUT2D eigenvalue weighted by Gasteiger charge is -2.10. The Bertz CT molecular complexity index is 538. The highest BCUT2D eigenvalue weighted by Gasteiger charge is 2.18. The lowest BCUT2D eigenvalue weighted by atomic mass is 10.2. The lowest BCUT2D eigenvalue weighted by Crippen LogP contribution is -2.03. The number of rotatable bonds is 4. The summed E-state index contributed by atoms with van der Waals surface area (Å²) >= 11 is 0. The molecule has 94 valence electrons. The Balaban J connectivity index is 3.52. The van der Waals surface area contributed by atoms with E-state index in [4.69, 9.17) is 10.5 Å². The van der Waals surface area contributed by atoms with Gasteiger partial charge in [0, 0.05) is 18.4 Å². The van der Waals surface area contributed by atoms with Gasteiger partial charge in [-0.2, -0.15) is 0 Å². The van der Waals surface area contributed by atoms with Crippen LogP contribution in [0.1, 0.15) is 5.56 Å². The Morgan fingerprint density at radius 1 is 1.47 bits per heavy atom. The third-order valence-corrected chi connectivity index (χ3v) is 3.19. The SMILES string of the molecule is COc1c(/C=C/CN)cc(F)cc1S(C)(=O)=O. The van der Waals surface area contributed by atoms with Gasteiger partial charge >= 0.3 is 0 Å². The van der Waals surface area contributed by atoms with E-state index < -0.39 is 15.7 Å². The van der Waals surface area contributed by atoms with E-state index in [1.807, 2.05) is 0 Å². The molecule has 1 aromatic rings.